The maximum atomic E-state index is 12.7. The van der Waals surface area contributed by atoms with Crippen molar-refractivity contribution in [2.75, 3.05) is 37.7 Å². The third-order valence-electron chi connectivity index (χ3n) is 5.12. The van der Waals surface area contributed by atoms with Crippen LogP contribution in [0.5, 0.6) is 0 Å². The van der Waals surface area contributed by atoms with Crippen molar-refractivity contribution in [2.24, 2.45) is 0 Å². The Morgan fingerprint density at radius 3 is 2.38 bits per heavy atom. The zero-order chi connectivity index (χ0) is 18.1. The molecule has 2 fully saturated rings. The maximum Gasteiger partial charge on any atom is 0.253 e. The molecule has 0 N–H and O–H groups in total. The largest absolute Gasteiger partial charge is 0.336 e. The molecular formula is C17H21N5O3S. The molecule has 8 nitrogen and oxygen atoms in total. The van der Waals surface area contributed by atoms with Gasteiger partial charge in [0.05, 0.1) is 17.2 Å². The number of carbonyl (C=O) groups excluding carboxylic acids is 1. The Bertz CT molecular complexity index is 872. The van der Waals surface area contributed by atoms with E-state index in [9.17, 15) is 13.2 Å². The number of aromatic nitrogens is 3. The van der Waals surface area contributed by atoms with Crippen molar-refractivity contribution < 1.29 is 13.2 Å². The molecule has 1 amide bonds. The monoisotopic (exact) mass is 375 g/mol. The second-order valence-electron chi connectivity index (χ2n) is 6.77. The summed E-state index contributed by atoms with van der Waals surface area (Å²) in [6.45, 7) is 2.70. The van der Waals surface area contributed by atoms with Crippen molar-refractivity contribution in [3.8, 4) is 5.69 Å². The molecule has 0 saturated carbocycles. The van der Waals surface area contributed by atoms with E-state index in [1.807, 2.05) is 17.0 Å². The van der Waals surface area contributed by atoms with Crippen molar-refractivity contribution in [3.63, 3.8) is 0 Å². The highest BCUT2D eigenvalue weighted by Crippen LogP contribution is 2.20. The third-order valence-corrected chi connectivity index (χ3v) is 6.87. The molecule has 1 aromatic heterocycles. The fourth-order valence-corrected chi connectivity index (χ4v) is 5.40. The summed E-state index contributed by atoms with van der Waals surface area (Å²) < 4.78 is 24.9. The molecule has 0 spiro atoms. The number of sulfone groups is 1. The molecule has 2 aromatic rings. The van der Waals surface area contributed by atoms with Crippen LogP contribution in [-0.4, -0.2) is 82.6 Å². The van der Waals surface area contributed by atoms with Gasteiger partial charge < -0.3 is 4.90 Å². The van der Waals surface area contributed by atoms with Gasteiger partial charge in [-0.2, -0.15) is 5.10 Å². The summed E-state index contributed by atoms with van der Waals surface area (Å²) in [6, 6.07) is 7.41. The molecular weight excluding hydrogens is 354 g/mol. The summed E-state index contributed by atoms with van der Waals surface area (Å²) in [5, 5.41) is 4.07. The van der Waals surface area contributed by atoms with Gasteiger partial charge in [-0.15, -0.1) is 0 Å². The minimum absolute atomic E-state index is 0.00818. The number of piperazine rings is 1. The summed E-state index contributed by atoms with van der Waals surface area (Å²) in [5.74, 6) is 0.549. The fraction of sp³-hybridized carbons (Fsp3) is 0.471. The molecule has 2 aliphatic rings. The predicted octanol–water partition coefficient (Wildman–Crippen LogP) is 0.212. The van der Waals surface area contributed by atoms with Crippen LogP contribution in [0.1, 0.15) is 16.8 Å². The summed E-state index contributed by atoms with van der Waals surface area (Å²) in [4.78, 5) is 20.7. The van der Waals surface area contributed by atoms with Crippen molar-refractivity contribution in [3.05, 3.63) is 42.5 Å². The normalized spacial score (nSPS) is 23.2. The quantitative estimate of drug-likeness (QED) is 0.762. The minimum Gasteiger partial charge on any atom is -0.336 e. The van der Waals surface area contributed by atoms with Crippen LogP contribution in [0.3, 0.4) is 0 Å². The SMILES string of the molecule is O=C(c1ccc(-n2cncn2)cc1)N1CCN([C@@H]2CCS(=O)(=O)C2)CC1. The van der Waals surface area contributed by atoms with E-state index in [4.69, 9.17) is 0 Å². The van der Waals surface area contributed by atoms with Crippen LogP contribution in [0.15, 0.2) is 36.9 Å². The first-order valence-electron chi connectivity index (χ1n) is 8.71. The average Bonchev–Trinajstić information content (AvgIpc) is 3.31. The van der Waals surface area contributed by atoms with Crippen molar-refractivity contribution >= 4 is 15.7 Å². The van der Waals surface area contributed by atoms with Crippen LogP contribution in [0, 0.1) is 0 Å². The number of nitrogens with zero attached hydrogens (tertiary/aromatic N) is 5. The second-order valence-corrected chi connectivity index (χ2v) is 9.00. The van der Waals surface area contributed by atoms with Gasteiger partial charge >= 0.3 is 0 Å². The number of amides is 1. The lowest BCUT2D eigenvalue weighted by molar-refractivity contribution is 0.0588. The van der Waals surface area contributed by atoms with E-state index >= 15 is 0 Å². The smallest absolute Gasteiger partial charge is 0.253 e. The Hall–Kier alpha value is -2.26. The fourth-order valence-electron chi connectivity index (χ4n) is 3.63. The standard InChI is InChI=1S/C17H21N5O3S/c23-17(14-1-3-15(4-2-14)22-13-18-12-19-22)21-8-6-20(7-9-21)16-5-10-26(24,25)11-16/h1-4,12-13,16H,5-11H2/t16-/m1/s1. The van der Waals surface area contributed by atoms with E-state index < -0.39 is 9.84 Å². The van der Waals surface area contributed by atoms with Crippen LogP contribution >= 0.6 is 0 Å². The highest BCUT2D eigenvalue weighted by molar-refractivity contribution is 7.91. The van der Waals surface area contributed by atoms with Gasteiger partial charge in [-0.3, -0.25) is 9.69 Å². The number of rotatable bonds is 3. The first-order valence-corrected chi connectivity index (χ1v) is 10.5. The molecule has 26 heavy (non-hydrogen) atoms. The molecule has 3 heterocycles. The highest BCUT2D eigenvalue weighted by atomic mass is 32.2. The molecule has 2 saturated heterocycles. The molecule has 1 atom stereocenters. The molecule has 138 valence electrons. The van der Waals surface area contributed by atoms with E-state index in [1.54, 1.807) is 23.1 Å². The number of benzene rings is 1. The Kier molecular flexibility index (Phi) is 4.49. The number of hydrogen-bond acceptors (Lipinski definition) is 6. The molecule has 0 radical (unpaired) electrons. The van der Waals surface area contributed by atoms with Crippen molar-refractivity contribution in [1.82, 2.24) is 24.6 Å². The highest BCUT2D eigenvalue weighted by Gasteiger charge is 2.34. The number of hydrogen-bond donors (Lipinski definition) is 0. The van der Waals surface area contributed by atoms with Crippen LogP contribution in [0.25, 0.3) is 5.69 Å². The van der Waals surface area contributed by atoms with Gasteiger partial charge in [0, 0.05) is 37.8 Å². The first-order chi connectivity index (χ1) is 12.5. The van der Waals surface area contributed by atoms with Gasteiger partial charge in [-0.1, -0.05) is 0 Å². The van der Waals surface area contributed by atoms with E-state index in [1.165, 1.54) is 6.33 Å². The summed E-state index contributed by atoms with van der Waals surface area (Å²) in [7, 11) is -2.87. The van der Waals surface area contributed by atoms with E-state index in [2.05, 4.69) is 15.0 Å². The van der Waals surface area contributed by atoms with Crippen LogP contribution in [-0.2, 0) is 9.84 Å². The van der Waals surface area contributed by atoms with Crippen LogP contribution in [0.4, 0.5) is 0 Å². The molecule has 0 bridgehead atoms. The zero-order valence-corrected chi connectivity index (χ0v) is 15.2. The van der Waals surface area contributed by atoms with Gasteiger partial charge in [0.1, 0.15) is 12.7 Å². The van der Waals surface area contributed by atoms with Gasteiger partial charge in [-0.25, -0.2) is 18.1 Å². The van der Waals surface area contributed by atoms with Gasteiger partial charge in [0.25, 0.3) is 5.91 Å². The summed E-state index contributed by atoms with van der Waals surface area (Å²) >= 11 is 0. The van der Waals surface area contributed by atoms with Crippen molar-refractivity contribution in [2.45, 2.75) is 12.5 Å². The molecule has 0 aliphatic carbocycles. The van der Waals surface area contributed by atoms with E-state index in [-0.39, 0.29) is 23.5 Å². The first kappa shape index (κ1) is 17.2. The summed E-state index contributed by atoms with van der Waals surface area (Å²) in [5.41, 5.74) is 1.50. The minimum atomic E-state index is -2.87. The lowest BCUT2D eigenvalue weighted by atomic mass is 10.1. The van der Waals surface area contributed by atoms with Crippen LogP contribution < -0.4 is 0 Å². The molecule has 1 aromatic carbocycles. The maximum absolute atomic E-state index is 12.7. The lowest BCUT2D eigenvalue weighted by Crippen LogP contribution is -2.52. The van der Waals surface area contributed by atoms with Crippen molar-refractivity contribution in [1.29, 1.82) is 0 Å². The Balaban J connectivity index is 1.36. The topological polar surface area (TPSA) is 88.4 Å². The van der Waals surface area contributed by atoms with Gasteiger partial charge in [-0.05, 0) is 30.7 Å². The Morgan fingerprint density at radius 1 is 1.08 bits per heavy atom. The zero-order valence-electron chi connectivity index (χ0n) is 14.4. The number of carbonyl (C=O) groups is 1. The van der Waals surface area contributed by atoms with Crippen LogP contribution in [0.2, 0.25) is 0 Å². The van der Waals surface area contributed by atoms with Gasteiger partial charge in [0.2, 0.25) is 0 Å². The molecule has 9 heteroatoms. The summed E-state index contributed by atoms with van der Waals surface area (Å²) in [6.07, 6.45) is 3.79. The molecule has 4 rings (SSSR count). The Labute approximate surface area is 152 Å². The van der Waals surface area contributed by atoms with Gasteiger partial charge in [0.15, 0.2) is 9.84 Å². The van der Waals surface area contributed by atoms with E-state index in [0.29, 0.717) is 25.1 Å². The lowest BCUT2D eigenvalue weighted by Gasteiger charge is -2.37. The van der Waals surface area contributed by atoms with E-state index in [0.717, 1.165) is 18.8 Å². The predicted molar refractivity (Wildman–Crippen MR) is 95.9 cm³/mol. The molecule has 0 unspecified atom stereocenters. The second kappa shape index (κ2) is 6.81. The third kappa shape index (κ3) is 3.49. The Morgan fingerprint density at radius 2 is 1.81 bits per heavy atom. The average molecular weight is 375 g/mol. The molecule has 2 aliphatic heterocycles.